The third-order valence-corrected chi connectivity index (χ3v) is 3.05. The Kier molecular flexibility index (Phi) is 3.93. The molecule has 0 amide bonds. The molecule has 2 aromatic carbocycles. The van der Waals surface area contributed by atoms with E-state index in [1.54, 1.807) is 18.2 Å². The predicted octanol–water partition coefficient (Wildman–Crippen LogP) is 4.01. The molecule has 0 bridgehead atoms. The van der Waals surface area contributed by atoms with Crippen molar-refractivity contribution < 1.29 is 18.6 Å². The van der Waals surface area contributed by atoms with Crippen molar-refractivity contribution in [2.45, 2.75) is 6.61 Å². The Hall–Kier alpha value is -1.46. The summed E-state index contributed by atoms with van der Waals surface area (Å²) < 4.78 is 32.2. The van der Waals surface area contributed by atoms with Gasteiger partial charge in [0.05, 0.1) is 6.61 Å². The number of aliphatic hydroxyl groups excluding tert-OH is 1. The Morgan fingerprint density at radius 1 is 1.11 bits per heavy atom. The Labute approximate surface area is 111 Å². The van der Waals surface area contributed by atoms with Gasteiger partial charge in [-0.25, -0.2) is 8.78 Å². The Morgan fingerprint density at radius 2 is 1.89 bits per heavy atom. The third kappa shape index (κ3) is 2.86. The molecule has 0 aliphatic rings. The van der Waals surface area contributed by atoms with E-state index in [1.807, 2.05) is 0 Å². The van der Waals surface area contributed by atoms with Gasteiger partial charge in [0.1, 0.15) is 11.6 Å². The van der Waals surface area contributed by atoms with Crippen LogP contribution in [0, 0.1) is 11.6 Å². The third-order valence-electron chi connectivity index (χ3n) is 2.32. The van der Waals surface area contributed by atoms with Gasteiger partial charge in [-0.1, -0.05) is 22.0 Å². The molecule has 2 rings (SSSR count). The van der Waals surface area contributed by atoms with Gasteiger partial charge in [-0.3, -0.25) is 0 Å². The van der Waals surface area contributed by atoms with Crippen LogP contribution >= 0.6 is 15.9 Å². The zero-order valence-electron chi connectivity index (χ0n) is 9.16. The zero-order valence-corrected chi connectivity index (χ0v) is 10.7. The first-order valence-corrected chi connectivity index (χ1v) is 5.91. The Balaban J connectivity index is 2.28. The minimum atomic E-state index is -0.640. The summed E-state index contributed by atoms with van der Waals surface area (Å²) in [6, 6.07) is 7.78. The van der Waals surface area contributed by atoms with E-state index in [1.165, 1.54) is 0 Å². The number of hydrogen-bond acceptors (Lipinski definition) is 2. The zero-order chi connectivity index (χ0) is 13.1. The van der Waals surface area contributed by atoms with Crippen molar-refractivity contribution in [3.05, 3.63) is 58.1 Å². The SMILES string of the molecule is OCc1ccc(Oc2cc(F)ccc2F)cc1Br. The van der Waals surface area contributed by atoms with E-state index in [4.69, 9.17) is 9.84 Å². The first-order chi connectivity index (χ1) is 8.60. The van der Waals surface area contributed by atoms with Crippen LogP contribution in [-0.4, -0.2) is 5.11 Å². The average molecular weight is 315 g/mol. The van der Waals surface area contributed by atoms with Crippen molar-refractivity contribution in [2.75, 3.05) is 0 Å². The van der Waals surface area contributed by atoms with E-state index in [0.717, 1.165) is 18.2 Å². The lowest BCUT2D eigenvalue weighted by molar-refractivity contribution is 0.281. The van der Waals surface area contributed by atoms with E-state index < -0.39 is 11.6 Å². The van der Waals surface area contributed by atoms with E-state index >= 15 is 0 Å². The van der Waals surface area contributed by atoms with Crippen molar-refractivity contribution in [2.24, 2.45) is 0 Å². The lowest BCUT2D eigenvalue weighted by Crippen LogP contribution is -1.91. The smallest absolute Gasteiger partial charge is 0.165 e. The number of aliphatic hydroxyl groups is 1. The molecule has 0 radical (unpaired) electrons. The molecule has 0 fully saturated rings. The molecule has 0 heterocycles. The van der Waals surface area contributed by atoms with Crippen LogP contribution < -0.4 is 4.74 Å². The highest BCUT2D eigenvalue weighted by molar-refractivity contribution is 9.10. The molecule has 0 saturated carbocycles. The van der Waals surface area contributed by atoms with E-state index in [2.05, 4.69) is 15.9 Å². The van der Waals surface area contributed by atoms with Crippen LogP contribution in [0.5, 0.6) is 11.5 Å². The summed E-state index contributed by atoms with van der Waals surface area (Å²) in [4.78, 5) is 0. The second-order valence-corrected chi connectivity index (χ2v) is 4.44. The second-order valence-electron chi connectivity index (χ2n) is 3.59. The van der Waals surface area contributed by atoms with Gasteiger partial charge < -0.3 is 9.84 Å². The highest BCUT2D eigenvalue weighted by Crippen LogP contribution is 2.29. The Bertz CT molecular complexity index is 573. The van der Waals surface area contributed by atoms with Crippen LogP contribution in [0.1, 0.15) is 5.56 Å². The molecule has 2 aromatic rings. The number of ether oxygens (including phenoxy) is 1. The first kappa shape index (κ1) is 13.0. The molecule has 94 valence electrons. The van der Waals surface area contributed by atoms with Crippen LogP contribution in [0.15, 0.2) is 40.9 Å². The molecule has 5 heteroatoms. The van der Waals surface area contributed by atoms with Gasteiger partial charge in [-0.05, 0) is 29.8 Å². The summed E-state index contributed by atoms with van der Waals surface area (Å²) in [5, 5.41) is 9.00. The van der Waals surface area contributed by atoms with E-state index in [-0.39, 0.29) is 12.4 Å². The van der Waals surface area contributed by atoms with Gasteiger partial charge in [0.15, 0.2) is 11.6 Å². The first-order valence-electron chi connectivity index (χ1n) is 5.12. The maximum Gasteiger partial charge on any atom is 0.165 e. The molecular formula is C13H9BrF2O2. The normalized spacial score (nSPS) is 10.4. The predicted molar refractivity (Wildman–Crippen MR) is 66.5 cm³/mol. The van der Waals surface area contributed by atoms with Crippen molar-refractivity contribution in [1.82, 2.24) is 0 Å². The highest BCUT2D eigenvalue weighted by atomic mass is 79.9. The molecule has 0 spiro atoms. The summed E-state index contributed by atoms with van der Waals surface area (Å²) in [5.41, 5.74) is 0.682. The second kappa shape index (κ2) is 5.46. The molecule has 0 atom stereocenters. The summed E-state index contributed by atoms with van der Waals surface area (Å²) in [7, 11) is 0. The van der Waals surface area contributed by atoms with Crippen LogP contribution in [0.4, 0.5) is 8.78 Å². The number of benzene rings is 2. The van der Waals surface area contributed by atoms with Gasteiger partial charge in [0.2, 0.25) is 0 Å². The minimum absolute atomic E-state index is 0.116. The number of halogens is 3. The summed E-state index contributed by atoms with van der Waals surface area (Å²) >= 11 is 3.25. The number of hydrogen-bond donors (Lipinski definition) is 1. The van der Waals surface area contributed by atoms with Crippen molar-refractivity contribution in [3.63, 3.8) is 0 Å². The fraction of sp³-hybridized carbons (Fsp3) is 0.0769. The topological polar surface area (TPSA) is 29.5 Å². The number of rotatable bonds is 3. The average Bonchev–Trinajstić information content (AvgIpc) is 2.34. The maximum atomic E-state index is 13.4. The van der Waals surface area contributed by atoms with Gasteiger partial charge in [-0.2, -0.15) is 0 Å². The van der Waals surface area contributed by atoms with Gasteiger partial charge >= 0.3 is 0 Å². The fourth-order valence-corrected chi connectivity index (χ4v) is 1.89. The molecule has 0 aliphatic heterocycles. The quantitative estimate of drug-likeness (QED) is 0.927. The molecule has 0 saturated heterocycles. The molecule has 0 aliphatic carbocycles. The summed E-state index contributed by atoms with van der Waals surface area (Å²) in [5.74, 6) is -1.04. The standard InChI is InChI=1S/C13H9BrF2O2/c14-11-6-10(3-1-8(11)7-17)18-13-5-9(15)2-4-12(13)16/h1-6,17H,7H2. The van der Waals surface area contributed by atoms with Crippen LogP contribution in [0.25, 0.3) is 0 Å². The van der Waals surface area contributed by atoms with Crippen molar-refractivity contribution >= 4 is 15.9 Å². The van der Waals surface area contributed by atoms with Crippen molar-refractivity contribution in [3.8, 4) is 11.5 Å². The Morgan fingerprint density at radius 3 is 2.56 bits per heavy atom. The maximum absolute atomic E-state index is 13.4. The molecule has 18 heavy (non-hydrogen) atoms. The van der Waals surface area contributed by atoms with Crippen LogP contribution in [-0.2, 0) is 6.61 Å². The molecule has 0 aromatic heterocycles. The van der Waals surface area contributed by atoms with E-state index in [9.17, 15) is 8.78 Å². The van der Waals surface area contributed by atoms with E-state index in [0.29, 0.717) is 15.8 Å². The van der Waals surface area contributed by atoms with Gasteiger partial charge in [-0.15, -0.1) is 0 Å². The fourth-order valence-electron chi connectivity index (χ4n) is 1.40. The molecule has 2 nitrogen and oxygen atoms in total. The van der Waals surface area contributed by atoms with Gasteiger partial charge in [0, 0.05) is 10.5 Å². The van der Waals surface area contributed by atoms with Crippen molar-refractivity contribution in [1.29, 1.82) is 0 Å². The monoisotopic (exact) mass is 314 g/mol. The van der Waals surface area contributed by atoms with Crippen LogP contribution in [0.2, 0.25) is 0 Å². The molecule has 0 unspecified atom stereocenters. The highest BCUT2D eigenvalue weighted by Gasteiger charge is 2.08. The largest absolute Gasteiger partial charge is 0.454 e. The summed E-state index contributed by atoms with van der Waals surface area (Å²) in [6.07, 6.45) is 0. The minimum Gasteiger partial charge on any atom is -0.454 e. The lowest BCUT2D eigenvalue weighted by atomic mass is 10.2. The lowest BCUT2D eigenvalue weighted by Gasteiger charge is -2.08. The molecule has 1 N–H and O–H groups in total. The van der Waals surface area contributed by atoms with Gasteiger partial charge in [0.25, 0.3) is 0 Å². The summed E-state index contributed by atoms with van der Waals surface area (Å²) in [6.45, 7) is -0.116. The molecular weight excluding hydrogens is 306 g/mol. The van der Waals surface area contributed by atoms with Crippen LogP contribution in [0.3, 0.4) is 0 Å².